The van der Waals surface area contributed by atoms with Crippen LogP contribution in [0.1, 0.15) is 43.4 Å². The van der Waals surface area contributed by atoms with Gasteiger partial charge in [-0.3, -0.25) is 9.79 Å². The van der Waals surface area contributed by atoms with Crippen LogP contribution in [0.4, 0.5) is 0 Å². The minimum atomic E-state index is 0. The largest absolute Gasteiger partial charge is 0.356 e. The summed E-state index contributed by atoms with van der Waals surface area (Å²) in [5.41, 5.74) is 0. The van der Waals surface area contributed by atoms with Crippen LogP contribution in [0.3, 0.4) is 0 Å². The molecule has 2 fully saturated rings. The van der Waals surface area contributed by atoms with Crippen molar-refractivity contribution >= 4 is 63.1 Å². The zero-order chi connectivity index (χ0) is 18.4. The molecular formula is C19H30BrIN4OS. The number of guanidine groups is 1. The van der Waals surface area contributed by atoms with Crippen molar-refractivity contribution in [3.8, 4) is 0 Å². The van der Waals surface area contributed by atoms with Gasteiger partial charge < -0.3 is 15.5 Å². The van der Waals surface area contributed by atoms with Crippen molar-refractivity contribution in [2.45, 2.75) is 51.0 Å². The first kappa shape index (κ1) is 22.9. The molecule has 0 radical (unpaired) electrons. The van der Waals surface area contributed by atoms with Gasteiger partial charge in [-0.25, -0.2) is 0 Å². The first-order chi connectivity index (χ1) is 12.7. The Morgan fingerprint density at radius 2 is 2.07 bits per heavy atom. The second kappa shape index (κ2) is 11.6. The summed E-state index contributed by atoms with van der Waals surface area (Å²) < 4.78 is 1.17. The number of nitrogens with zero attached hydrogens (tertiary/aromatic N) is 2. The molecule has 1 amide bonds. The van der Waals surface area contributed by atoms with Crippen molar-refractivity contribution in [3.05, 3.63) is 20.8 Å². The van der Waals surface area contributed by atoms with Gasteiger partial charge in [-0.2, -0.15) is 0 Å². The Labute approximate surface area is 191 Å². The maximum atomic E-state index is 12.7. The fourth-order valence-corrected chi connectivity index (χ4v) is 5.35. The van der Waals surface area contributed by atoms with E-state index in [2.05, 4.69) is 48.6 Å². The third kappa shape index (κ3) is 6.88. The summed E-state index contributed by atoms with van der Waals surface area (Å²) in [5.74, 6) is 1.47. The third-order valence-electron chi connectivity index (χ3n) is 5.31. The second-order valence-corrected chi connectivity index (χ2v) is 9.75. The molecule has 27 heavy (non-hydrogen) atoms. The van der Waals surface area contributed by atoms with Crippen molar-refractivity contribution in [2.75, 3.05) is 26.7 Å². The Morgan fingerprint density at radius 3 is 2.74 bits per heavy atom. The summed E-state index contributed by atoms with van der Waals surface area (Å²) in [4.78, 5) is 20.4. The number of thiophene rings is 1. The molecule has 152 valence electrons. The summed E-state index contributed by atoms with van der Waals surface area (Å²) in [6, 6.07) is 4.53. The van der Waals surface area contributed by atoms with Crippen molar-refractivity contribution in [3.63, 3.8) is 0 Å². The molecule has 1 saturated heterocycles. The normalized spacial score (nSPS) is 21.0. The van der Waals surface area contributed by atoms with Gasteiger partial charge >= 0.3 is 0 Å². The molecule has 2 heterocycles. The number of halogens is 2. The van der Waals surface area contributed by atoms with E-state index in [1.165, 1.54) is 27.9 Å². The number of carbonyl (C=O) groups excluding carboxylic acids is 1. The van der Waals surface area contributed by atoms with Crippen molar-refractivity contribution in [1.82, 2.24) is 15.5 Å². The van der Waals surface area contributed by atoms with Crippen molar-refractivity contribution in [1.29, 1.82) is 0 Å². The van der Waals surface area contributed by atoms with Gasteiger partial charge in [0.1, 0.15) is 0 Å². The van der Waals surface area contributed by atoms with Crippen LogP contribution in [0, 0.1) is 5.92 Å². The van der Waals surface area contributed by atoms with Gasteiger partial charge in [0.05, 0.1) is 3.79 Å². The quantitative estimate of drug-likeness (QED) is 0.320. The standard InChI is InChI=1S/C19H29BrN4OS.HI/c1-21-19(22-11-9-16-7-8-17(20)26-16)23-15-10-12-24(13-15)18(25)14-5-3-2-4-6-14;/h7-8,14-15H,2-6,9-13H2,1H3,(H2,21,22,23);1H. The van der Waals surface area contributed by atoms with E-state index in [-0.39, 0.29) is 29.9 Å². The Bertz CT molecular complexity index is 633. The smallest absolute Gasteiger partial charge is 0.225 e. The Kier molecular flexibility index (Phi) is 9.86. The highest BCUT2D eigenvalue weighted by Crippen LogP contribution is 2.26. The summed E-state index contributed by atoms with van der Waals surface area (Å²) in [6.45, 7) is 2.52. The topological polar surface area (TPSA) is 56.7 Å². The Morgan fingerprint density at radius 1 is 1.30 bits per heavy atom. The number of rotatable bonds is 5. The van der Waals surface area contributed by atoms with Crippen LogP contribution in [0.25, 0.3) is 0 Å². The number of likely N-dealkylation sites (tertiary alicyclic amines) is 1. The summed E-state index contributed by atoms with van der Waals surface area (Å²) in [5, 5.41) is 6.87. The highest BCUT2D eigenvalue weighted by Gasteiger charge is 2.31. The predicted octanol–water partition coefficient (Wildman–Crippen LogP) is 4.02. The van der Waals surface area contributed by atoms with Crippen LogP contribution in [-0.4, -0.2) is 49.5 Å². The molecule has 2 aliphatic rings. The molecule has 1 saturated carbocycles. The Balaban J connectivity index is 0.00000261. The molecule has 3 rings (SSSR count). The minimum Gasteiger partial charge on any atom is -0.356 e. The van der Waals surface area contributed by atoms with E-state index in [1.807, 2.05) is 0 Å². The van der Waals surface area contributed by atoms with Gasteiger partial charge in [-0.1, -0.05) is 19.3 Å². The lowest BCUT2D eigenvalue weighted by Crippen LogP contribution is -2.46. The van der Waals surface area contributed by atoms with Gasteiger partial charge in [0.15, 0.2) is 5.96 Å². The zero-order valence-electron chi connectivity index (χ0n) is 15.9. The molecule has 0 spiro atoms. The molecule has 0 bridgehead atoms. The number of nitrogens with one attached hydrogen (secondary N) is 2. The number of hydrogen-bond donors (Lipinski definition) is 2. The molecule has 1 aliphatic carbocycles. The van der Waals surface area contributed by atoms with E-state index in [0.717, 1.165) is 51.3 Å². The fourth-order valence-electron chi connectivity index (χ4n) is 3.86. The lowest BCUT2D eigenvalue weighted by atomic mass is 9.88. The molecule has 5 nitrogen and oxygen atoms in total. The average molecular weight is 569 g/mol. The molecular weight excluding hydrogens is 539 g/mol. The van der Waals surface area contributed by atoms with Crippen LogP contribution in [0.5, 0.6) is 0 Å². The summed E-state index contributed by atoms with van der Waals surface area (Å²) >= 11 is 5.27. The third-order valence-corrected chi connectivity index (χ3v) is 6.99. The maximum Gasteiger partial charge on any atom is 0.225 e. The van der Waals surface area contributed by atoms with Gasteiger partial charge in [0.2, 0.25) is 5.91 Å². The van der Waals surface area contributed by atoms with Gasteiger partial charge in [0.25, 0.3) is 0 Å². The molecule has 1 aromatic heterocycles. The molecule has 2 N–H and O–H groups in total. The van der Waals surface area contributed by atoms with Crippen molar-refractivity contribution in [2.24, 2.45) is 10.9 Å². The number of aliphatic imine (C=N–C) groups is 1. The van der Waals surface area contributed by atoms with E-state index >= 15 is 0 Å². The van der Waals surface area contributed by atoms with E-state index in [9.17, 15) is 4.79 Å². The molecule has 1 unspecified atom stereocenters. The van der Waals surface area contributed by atoms with Crippen LogP contribution in [0.2, 0.25) is 0 Å². The highest BCUT2D eigenvalue weighted by molar-refractivity contribution is 14.0. The SMILES string of the molecule is CN=C(NCCc1ccc(Br)s1)NC1CCN(C(=O)C2CCCCC2)C1.I. The monoisotopic (exact) mass is 568 g/mol. The van der Waals surface area contributed by atoms with Crippen LogP contribution in [0.15, 0.2) is 20.9 Å². The summed E-state index contributed by atoms with van der Waals surface area (Å²) in [6.07, 6.45) is 7.85. The first-order valence-electron chi connectivity index (χ1n) is 9.66. The average Bonchev–Trinajstić information content (AvgIpc) is 3.30. The summed E-state index contributed by atoms with van der Waals surface area (Å²) in [7, 11) is 1.80. The van der Waals surface area contributed by atoms with Crippen LogP contribution >= 0.6 is 51.2 Å². The van der Waals surface area contributed by atoms with E-state index in [1.54, 1.807) is 18.4 Å². The number of amides is 1. The fraction of sp³-hybridized carbons (Fsp3) is 0.684. The van der Waals surface area contributed by atoms with E-state index in [4.69, 9.17) is 0 Å². The van der Waals surface area contributed by atoms with Crippen molar-refractivity contribution < 1.29 is 4.79 Å². The Hall–Kier alpha value is -0.350. The molecule has 1 aromatic rings. The molecule has 1 atom stereocenters. The lowest BCUT2D eigenvalue weighted by molar-refractivity contribution is -0.135. The van der Waals surface area contributed by atoms with E-state index < -0.39 is 0 Å². The lowest BCUT2D eigenvalue weighted by Gasteiger charge is -2.26. The molecule has 0 aromatic carbocycles. The van der Waals surface area contributed by atoms with Crippen LogP contribution in [-0.2, 0) is 11.2 Å². The zero-order valence-corrected chi connectivity index (χ0v) is 20.6. The number of hydrogen-bond acceptors (Lipinski definition) is 3. The minimum absolute atomic E-state index is 0. The predicted molar refractivity (Wildman–Crippen MR) is 127 cm³/mol. The van der Waals surface area contributed by atoms with Gasteiger partial charge in [-0.05, 0) is 53.7 Å². The second-order valence-electron chi connectivity index (χ2n) is 7.20. The molecule has 1 aliphatic heterocycles. The number of carbonyl (C=O) groups is 1. The first-order valence-corrected chi connectivity index (χ1v) is 11.3. The van der Waals surface area contributed by atoms with Gasteiger partial charge in [-0.15, -0.1) is 35.3 Å². The molecule has 8 heteroatoms. The van der Waals surface area contributed by atoms with Crippen LogP contribution < -0.4 is 10.6 Å². The van der Waals surface area contributed by atoms with E-state index in [0.29, 0.717) is 11.9 Å². The van der Waals surface area contributed by atoms with Gasteiger partial charge in [0, 0.05) is 43.5 Å². The highest BCUT2D eigenvalue weighted by atomic mass is 127. The maximum absolute atomic E-state index is 12.7.